The van der Waals surface area contributed by atoms with Crippen molar-refractivity contribution in [3.8, 4) is 0 Å². The molecule has 3 rings (SSSR count). The molecule has 1 N–H and O–H groups in total. The fourth-order valence-corrected chi connectivity index (χ4v) is 2.99. The number of piperidine rings is 1. The molecule has 1 saturated heterocycles. The van der Waals surface area contributed by atoms with Gasteiger partial charge in [-0.15, -0.1) is 5.10 Å². The van der Waals surface area contributed by atoms with Gasteiger partial charge < -0.3 is 14.9 Å². The van der Waals surface area contributed by atoms with Crippen LogP contribution in [0.4, 0.5) is 5.95 Å². The third-order valence-corrected chi connectivity index (χ3v) is 4.06. The van der Waals surface area contributed by atoms with E-state index in [0.29, 0.717) is 18.9 Å². The lowest BCUT2D eigenvalue weighted by Crippen LogP contribution is -2.55. The number of anilines is 1. The second kappa shape index (κ2) is 6.88. The predicted molar refractivity (Wildman–Crippen MR) is 87.4 cm³/mol. The zero-order valence-corrected chi connectivity index (χ0v) is 13.5. The van der Waals surface area contributed by atoms with Gasteiger partial charge in [0.15, 0.2) is 5.69 Å². The molecular weight excluding hydrogens is 308 g/mol. The number of aromatic nitrogens is 4. The summed E-state index contributed by atoms with van der Waals surface area (Å²) in [5.41, 5.74) is -0.744. The molecule has 1 aliphatic heterocycles. The normalized spacial score (nSPS) is 20.7. The number of aliphatic hydroxyl groups is 1. The minimum absolute atomic E-state index is 0.214. The number of carbonyl (C=O) groups excluding carboxylic acids is 1. The average Bonchev–Trinajstić information content (AvgIpc) is 2.62. The van der Waals surface area contributed by atoms with Crippen molar-refractivity contribution in [3.63, 3.8) is 0 Å². The molecule has 2 aromatic rings. The minimum atomic E-state index is -1.01. The van der Waals surface area contributed by atoms with Crippen molar-refractivity contribution < 1.29 is 9.90 Å². The fraction of sp³-hybridized carbons (Fsp3) is 0.438. The van der Waals surface area contributed by atoms with Crippen molar-refractivity contribution in [2.45, 2.75) is 18.4 Å². The molecular formula is C16H20N6O2. The second-order valence-electron chi connectivity index (χ2n) is 6.07. The molecule has 3 heterocycles. The van der Waals surface area contributed by atoms with Crippen LogP contribution in [0.2, 0.25) is 0 Å². The number of nitrogens with zero attached hydrogens (tertiary/aromatic N) is 6. The molecule has 8 heteroatoms. The molecule has 0 aliphatic carbocycles. The highest BCUT2D eigenvalue weighted by atomic mass is 16.3. The van der Waals surface area contributed by atoms with Crippen molar-refractivity contribution in [2.24, 2.45) is 0 Å². The smallest absolute Gasteiger partial charge is 0.274 e. The molecule has 1 amide bonds. The lowest BCUT2D eigenvalue weighted by molar-refractivity contribution is -0.000470. The van der Waals surface area contributed by atoms with Gasteiger partial charge in [0.2, 0.25) is 5.95 Å². The van der Waals surface area contributed by atoms with Crippen LogP contribution in [0, 0.1) is 0 Å². The van der Waals surface area contributed by atoms with Crippen molar-refractivity contribution in [1.82, 2.24) is 25.1 Å². The first-order valence-electron chi connectivity index (χ1n) is 7.85. The van der Waals surface area contributed by atoms with E-state index < -0.39 is 5.60 Å². The molecule has 24 heavy (non-hydrogen) atoms. The third kappa shape index (κ3) is 3.65. The summed E-state index contributed by atoms with van der Waals surface area (Å²) in [6, 6.07) is 5.03. The van der Waals surface area contributed by atoms with Crippen molar-refractivity contribution >= 4 is 11.9 Å². The monoisotopic (exact) mass is 328 g/mol. The van der Waals surface area contributed by atoms with Gasteiger partial charge in [0.25, 0.3) is 5.91 Å². The van der Waals surface area contributed by atoms with Gasteiger partial charge in [-0.3, -0.25) is 4.79 Å². The molecule has 126 valence electrons. The summed E-state index contributed by atoms with van der Waals surface area (Å²) < 4.78 is 0. The Bertz CT molecular complexity index is 683. The van der Waals surface area contributed by atoms with Crippen LogP contribution < -0.4 is 4.90 Å². The topological polar surface area (TPSA) is 95.3 Å². The van der Waals surface area contributed by atoms with E-state index in [2.05, 4.69) is 20.2 Å². The van der Waals surface area contributed by atoms with Gasteiger partial charge in [-0.25, -0.2) is 9.97 Å². The first kappa shape index (κ1) is 16.3. The van der Waals surface area contributed by atoms with Crippen LogP contribution in [0.3, 0.4) is 0 Å². The zero-order valence-electron chi connectivity index (χ0n) is 13.5. The summed E-state index contributed by atoms with van der Waals surface area (Å²) in [6.45, 7) is 1.38. The van der Waals surface area contributed by atoms with E-state index in [1.165, 1.54) is 11.1 Å². The lowest BCUT2D eigenvalue weighted by atomic mass is 9.92. The van der Waals surface area contributed by atoms with Crippen LogP contribution in [0.25, 0.3) is 0 Å². The highest BCUT2D eigenvalue weighted by Crippen LogP contribution is 2.24. The lowest BCUT2D eigenvalue weighted by Gasteiger charge is -2.41. The number of carbonyl (C=O) groups is 1. The van der Waals surface area contributed by atoms with Gasteiger partial charge in [-0.2, -0.15) is 5.10 Å². The quantitative estimate of drug-likeness (QED) is 0.866. The zero-order chi connectivity index (χ0) is 17.0. The first-order chi connectivity index (χ1) is 11.6. The second-order valence-corrected chi connectivity index (χ2v) is 6.07. The Hall–Kier alpha value is -2.61. The predicted octanol–water partition coefficient (Wildman–Crippen LogP) is 0.370. The minimum Gasteiger partial charge on any atom is -0.386 e. The van der Waals surface area contributed by atoms with Gasteiger partial charge in [-0.05, 0) is 31.0 Å². The van der Waals surface area contributed by atoms with Crippen LogP contribution in [-0.2, 0) is 0 Å². The molecule has 0 bridgehead atoms. The summed E-state index contributed by atoms with van der Waals surface area (Å²) in [7, 11) is 1.66. The Labute approximate surface area is 140 Å². The number of rotatable bonds is 4. The molecule has 0 saturated carbocycles. The molecule has 1 aliphatic rings. The maximum atomic E-state index is 12.4. The Balaban J connectivity index is 1.68. The van der Waals surface area contributed by atoms with Gasteiger partial charge in [-0.1, -0.05) is 0 Å². The SMILES string of the molecule is CN(C[C@@]1(O)CCCN(c2ncccn2)C1)C(=O)c1cccnn1. The number of hydrogen-bond acceptors (Lipinski definition) is 7. The summed E-state index contributed by atoms with van der Waals surface area (Å²) in [5.74, 6) is 0.336. The Kier molecular flexibility index (Phi) is 4.66. The van der Waals surface area contributed by atoms with E-state index in [9.17, 15) is 9.90 Å². The molecule has 1 atom stereocenters. The summed E-state index contributed by atoms with van der Waals surface area (Å²) >= 11 is 0. The van der Waals surface area contributed by atoms with Crippen LogP contribution in [-0.4, -0.2) is 68.4 Å². The Morgan fingerprint density at radius 3 is 2.83 bits per heavy atom. The highest BCUT2D eigenvalue weighted by Gasteiger charge is 2.36. The van der Waals surface area contributed by atoms with Crippen LogP contribution in [0.15, 0.2) is 36.8 Å². The van der Waals surface area contributed by atoms with Gasteiger partial charge in [0.05, 0.1) is 18.7 Å². The average molecular weight is 328 g/mol. The van der Waals surface area contributed by atoms with Gasteiger partial charge in [0, 0.05) is 32.2 Å². The maximum absolute atomic E-state index is 12.4. The molecule has 0 unspecified atom stereocenters. The number of likely N-dealkylation sites (N-methyl/N-ethyl adjacent to an activating group) is 1. The number of amides is 1. The summed E-state index contributed by atoms with van der Waals surface area (Å²) in [4.78, 5) is 24.3. The van der Waals surface area contributed by atoms with E-state index in [0.717, 1.165) is 13.0 Å². The van der Waals surface area contributed by atoms with E-state index in [4.69, 9.17) is 0 Å². The molecule has 0 spiro atoms. The van der Waals surface area contributed by atoms with Gasteiger partial charge >= 0.3 is 0 Å². The fourth-order valence-electron chi connectivity index (χ4n) is 2.99. The molecule has 0 radical (unpaired) electrons. The van der Waals surface area contributed by atoms with E-state index in [1.54, 1.807) is 37.6 Å². The standard InChI is InChI=1S/C16H20N6O2/c1-21(14(23)13-5-2-9-19-20-13)11-16(24)6-3-10-22(12-16)15-17-7-4-8-18-15/h2,4-5,7-9,24H,3,6,10-12H2,1H3/t16-/m0/s1. The third-order valence-electron chi connectivity index (χ3n) is 4.06. The molecule has 1 fully saturated rings. The summed E-state index contributed by atoms with van der Waals surface area (Å²) in [6.07, 6.45) is 6.30. The van der Waals surface area contributed by atoms with Crippen LogP contribution in [0.1, 0.15) is 23.3 Å². The first-order valence-corrected chi connectivity index (χ1v) is 7.85. The highest BCUT2D eigenvalue weighted by molar-refractivity contribution is 5.91. The molecule has 0 aromatic carbocycles. The van der Waals surface area contributed by atoms with Crippen molar-refractivity contribution in [3.05, 3.63) is 42.5 Å². The van der Waals surface area contributed by atoms with Crippen LogP contribution >= 0.6 is 0 Å². The Morgan fingerprint density at radius 1 is 1.33 bits per heavy atom. The number of β-amino-alcohol motifs (C(OH)–C–C–N with tert-alkyl or cyclic N) is 1. The van der Waals surface area contributed by atoms with Crippen molar-refractivity contribution in [2.75, 3.05) is 31.6 Å². The molecule has 8 nitrogen and oxygen atoms in total. The van der Waals surface area contributed by atoms with E-state index in [1.807, 2.05) is 4.90 Å². The van der Waals surface area contributed by atoms with Gasteiger partial charge in [0.1, 0.15) is 0 Å². The number of hydrogen-bond donors (Lipinski definition) is 1. The maximum Gasteiger partial charge on any atom is 0.274 e. The summed E-state index contributed by atoms with van der Waals surface area (Å²) in [5, 5.41) is 18.5. The van der Waals surface area contributed by atoms with E-state index >= 15 is 0 Å². The Morgan fingerprint density at radius 2 is 2.12 bits per heavy atom. The van der Waals surface area contributed by atoms with Crippen LogP contribution in [0.5, 0.6) is 0 Å². The largest absolute Gasteiger partial charge is 0.386 e. The molecule has 2 aromatic heterocycles. The van der Waals surface area contributed by atoms with Crippen molar-refractivity contribution in [1.29, 1.82) is 0 Å². The van der Waals surface area contributed by atoms with E-state index in [-0.39, 0.29) is 18.1 Å².